The highest BCUT2D eigenvalue weighted by Crippen LogP contribution is 2.04. The van der Waals surface area contributed by atoms with E-state index in [1.807, 2.05) is 13.8 Å². The van der Waals surface area contributed by atoms with Crippen molar-refractivity contribution in [2.45, 2.75) is 33.2 Å². The van der Waals surface area contributed by atoms with Gasteiger partial charge < -0.3 is 15.4 Å². The first kappa shape index (κ1) is 17.2. The monoisotopic (exact) mass is 276 g/mol. The van der Waals surface area contributed by atoms with Crippen molar-refractivity contribution in [2.24, 2.45) is 0 Å². The minimum Gasteiger partial charge on any atom is -0.465 e. The van der Waals surface area contributed by atoms with E-state index in [0.29, 0.717) is 24.7 Å². The molecule has 0 saturated heterocycles. The molecule has 1 unspecified atom stereocenters. The number of hydrogen-bond donors (Lipinski definition) is 2. The number of hydrogen-bond acceptors (Lipinski definition) is 5. The van der Waals surface area contributed by atoms with Crippen molar-refractivity contribution < 1.29 is 14.3 Å². The molecule has 0 radical (unpaired) electrons. The molecule has 0 rings (SSSR count). The third-order valence-corrected chi connectivity index (χ3v) is 3.14. The second-order valence-corrected chi connectivity index (χ2v) is 4.76. The van der Waals surface area contributed by atoms with Gasteiger partial charge in [0.15, 0.2) is 0 Å². The summed E-state index contributed by atoms with van der Waals surface area (Å²) in [5.41, 5.74) is 0. The Balaban J connectivity index is 3.99. The molecule has 0 aromatic heterocycles. The highest BCUT2D eigenvalue weighted by Gasteiger charge is 2.19. The fourth-order valence-corrected chi connectivity index (χ4v) is 2.18. The SMILES string of the molecule is CCCNC(CSCC(=O)NCC)C(=O)OCC. The van der Waals surface area contributed by atoms with Crippen molar-refractivity contribution in [3.05, 3.63) is 0 Å². The van der Waals surface area contributed by atoms with Crippen LogP contribution in [0.3, 0.4) is 0 Å². The van der Waals surface area contributed by atoms with Crippen LogP contribution >= 0.6 is 11.8 Å². The normalized spacial score (nSPS) is 11.9. The summed E-state index contributed by atoms with van der Waals surface area (Å²) in [5.74, 6) is 0.683. The fraction of sp³-hybridized carbons (Fsp3) is 0.833. The predicted octanol–water partition coefficient (Wildman–Crippen LogP) is 0.787. The lowest BCUT2D eigenvalue weighted by atomic mass is 10.3. The fourth-order valence-electron chi connectivity index (χ4n) is 1.29. The summed E-state index contributed by atoms with van der Waals surface area (Å²) in [7, 11) is 0. The molecule has 0 saturated carbocycles. The van der Waals surface area contributed by atoms with Gasteiger partial charge in [-0.15, -0.1) is 11.8 Å². The first-order valence-corrected chi connectivity index (χ1v) is 7.55. The second kappa shape index (κ2) is 11.3. The van der Waals surface area contributed by atoms with E-state index in [0.717, 1.165) is 13.0 Å². The van der Waals surface area contributed by atoms with Crippen molar-refractivity contribution in [1.29, 1.82) is 0 Å². The Hall–Kier alpha value is -0.750. The average molecular weight is 276 g/mol. The zero-order valence-electron chi connectivity index (χ0n) is 11.5. The van der Waals surface area contributed by atoms with Crippen LogP contribution in [0.5, 0.6) is 0 Å². The molecule has 0 aliphatic rings. The van der Waals surface area contributed by atoms with E-state index in [4.69, 9.17) is 4.74 Å². The molecule has 106 valence electrons. The van der Waals surface area contributed by atoms with Crippen LogP contribution in [0, 0.1) is 0 Å². The topological polar surface area (TPSA) is 67.4 Å². The van der Waals surface area contributed by atoms with Crippen molar-refractivity contribution in [3.63, 3.8) is 0 Å². The summed E-state index contributed by atoms with van der Waals surface area (Å²) < 4.78 is 4.99. The average Bonchev–Trinajstić information content (AvgIpc) is 2.34. The third kappa shape index (κ3) is 8.36. The van der Waals surface area contributed by atoms with Crippen molar-refractivity contribution >= 4 is 23.6 Å². The van der Waals surface area contributed by atoms with Crippen molar-refractivity contribution in [3.8, 4) is 0 Å². The van der Waals surface area contributed by atoms with Crippen LogP contribution in [-0.4, -0.2) is 49.1 Å². The summed E-state index contributed by atoms with van der Waals surface area (Å²) in [4.78, 5) is 22.9. The lowest BCUT2D eigenvalue weighted by molar-refractivity contribution is -0.145. The molecule has 18 heavy (non-hydrogen) atoms. The Morgan fingerprint density at radius 1 is 1.28 bits per heavy atom. The van der Waals surface area contributed by atoms with Crippen LogP contribution in [0.4, 0.5) is 0 Å². The number of carbonyl (C=O) groups is 2. The minimum absolute atomic E-state index is 0.000556. The molecule has 0 fully saturated rings. The molecule has 1 atom stereocenters. The van der Waals surface area contributed by atoms with Gasteiger partial charge in [-0.05, 0) is 26.8 Å². The van der Waals surface area contributed by atoms with Gasteiger partial charge in [-0.1, -0.05) is 6.92 Å². The molecule has 0 heterocycles. The summed E-state index contributed by atoms with van der Waals surface area (Å²) in [6, 6.07) is -0.329. The van der Waals surface area contributed by atoms with Gasteiger partial charge in [-0.3, -0.25) is 9.59 Å². The van der Waals surface area contributed by atoms with E-state index in [9.17, 15) is 9.59 Å². The van der Waals surface area contributed by atoms with E-state index in [-0.39, 0.29) is 17.9 Å². The number of amides is 1. The molecule has 6 heteroatoms. The summed E-state index contributed by atoms with van der Waals surface area (Å²) in [6.45, 7) is 7.49. The van der Waals surface area contributed by atoms with Crippen LogP contribution in [0.25, 0.3) is 0 Å². The largest absolute Gasteiger partial charge is 0.465 e. The standard InChI is InChI=1S/C12H24N2O3S/c1-4-7-14-10(12(16)17-6-3)8-18-9-11(15)13-5-2/h10,14H,4-9H2,1-3H3,(H,13,15). The Kier molecular flexibility index (Phi) is 10.9. The van der Waals surface area contributed by atoms with Gasteiger partial charge in [0.2, 0.25) is 5.91 Å². The Labute approximate surface area is 113 Å². The number of nitrogens with one attached hydrogen (secondary N) is 2. The molecular weight excluding hydrogens is 252 g/mol. The summed E-state index contributed by atoms with van der Waals surface area (Å²) in [5, 5.41) is 5.85. The van der Waals surface area contributed by atoms with E-state index in [2.05, 4.69) is 10.6 Å². The quantitative estimate of drug-likeness (QED) is 0.577. The van der Waals surface area contributed by atoms with Crippen molar-refractivity contribution in [1.82, 2.24) is 10.6 Å². The van der Waals surface area contributed by atoms with Crippen LogP contribution in [0.2, 0.25) is 0 Å². The maximum absolute atomic E-state index is 11.7. The molecule has 1 amide bonds. The Morgan fingerprint density at radius 2 is 2.00 bits per heavy atom. The summed E-state index contributed by atoms with van der Waals surface area (Å²) in [6.07, 6.45) is 0.955. The van der Waals surface area contributed by atoms with Crippen LogP contribution < -0.4 is 10.6 Å². The zero-order chi connectivity index (χ0) is 13.8. The van der Waals surface area contributed by atoms with Crippen molar-refractivity contribution in [2.75, 3.05) is 31.2 Å². The van der Waals surface area contributed by atoms with E-state index in [1.165, 1.54) is 11.8 Å². The first-order chi connectivity index (χ1) is 8.65. The highest BCUT2D eigenvalue weighted by molar-refractivity contribution is 8.00. The number of carbonyl (C=O) groups excluding carboxylic acids is 2. The maximum Gasteiger partial charge on any atom is 0.323 e. The third-order valence-electron chi connectivity index (χ3n) is 2.10. The van der Waals surface area contributed by atoms with Crippen LogP contribution in [-0.2, 0) is 14.3 Å². The minimum atomic E-state index is -0.329. The van der Waals surface area contributed by atoms with Gasteiger partial charge >= 0.3 is 5.97 Å². The molecule has 0 aliphatic carbocycles. The number of rotatable bonds is 10. The smallest absolute Gasteiger partial charge is 0.323 e. The number of thioether (sulfide) groups is 1. The molecule has 0 spiro atoms. The predicted molar refractivity (Wildman–Crippen MR) is 74.7 cm³/mol. The van der Waals surface area contributed by atoms with E-state index < -0.39 is 0 Å². The lowest BCUT2D eigenvalue weighted by Gasteiger charge is -2.16. The molecule has 5 nitrogen and oxygen atoms in total. The van der Waals surface area contributed by atoms with Gasteiger partial charge in [-0.2, -0.15) is 0 Å². The number of esters is 1. The first-order valence-electron chi connectivity index (χ1n) is 6.40. The maximum atomic E-state index is 11.7. The van der Waals surface area contributed by atoms with Gasteiger partial charge in [0.05, 0.1) is 12.4 Å². The summed E-state index contributed by atoms with van der Waals surface area (Å²) >= 11 is 1.44. The van der Waals surface area contributed by atoms with E-state index in [1.54, 1.807) is 6.92 Å². The van der Waals surface area contributed by atoms with Crippen LogP contribution in [0.15, 0.2) is 0 Å². The zero-order valence-corrected chi connectivity index (χ0v) is 12.3. The Bertz CT molecular complexity index is 249. The van der Waals surface area contributed by atoms with Crippen LogP contribution in [0.1, 0.15) is 27.2 Å². The second-order valence-electron chi connectivity index (χ2n) is 3.73. The highest BCUT2D eigenvalue weighted by atomic mass is 32.2. The van der Waals surface area contributed by atoms with Gasteiger partial charge in [0, 0.05) is 12.3 Å². The molecule has 2 N–H and O–H groups in total. The van der Waals surface area contributed by atoms with Gasteiger partial charge in [0.1, 0.15) is 6.04 Å². The van der Waals surface area contributed by atoms with Gasteiger partial charge in [0.25, 0.3) is 0 Å². The van der Waals surface area contributed by atoms with Gasteiger partial charge in [-0.25, -0.2) is 0 Å². The molecule has 0 bridgehead atoms. The molecule has 0 aromatic rings. The molecule has 0 aliphatic heterocycles. The lowest BCUT2D eigenvalue weighted by Crippen LogP contribution is -2.41. The molecular formula is C12H24N2O3S. The molecule has 0 aromatic carbocycles. The Morgan fingerprint density at radius 3 is 2.56 bits per heavy atom. The van der Waals surface area contributed by atoms with E-state index >= 15 is 0 Å². The number of ether oxygens (including phenoxy) is 1.